The molecule has 4 heterocycles. The maximum atomic E-state index is 11.0. The summed E-state index contributed by atoms with van der Waals surface area (Å²) in [7, 11) is 0. The third-order valence-corrected chi connectivity index (χ3v) is 8.15. The lowest BCUT2D eigenvalue weighted by Crippen LogP contribution is -2.38. The second kappa shape index (κ2) is 8.53. The van der Waals surface area contributed by atoms with Crippen molar-refractivity contribution in [2.45, 2.75) is 71.3 Å². The minimum Gasteiger partial charge on any atom is -0.369 e. The van der Waals surface area contributed by atoms with E-state index in [1.165, 1.54) is 16.1 Å². The van der Waals surface area contributed by atoms with Gasteiger partial charge in [-0.25, -0.2) is 14.5 Å². The highest BCUT2D eigenvalue weighted by molar-refractivity contribution is 7.18. The Labute approximate surface area is 197 Å². The largest absolute Gasteiger partial charge is 0.369 e. The van der Waals surface area contributed by atoms with E-state index >= 15 is 0 Å². The van der Waals surface area contributed by atoms with Gasteiger partial charge in [0.05, 0.1) is 17.2 Å². The number of nitrogens with one attached hydrogen (secondary N) is 2. The molecule has 1 aliphatic rings. The molecule has 1 aliphatic carbocycles. The molecule has 0 spiro atoms. The second-order valence-electron chi connectivity index (χ2n) is 9.51. The van der Waals surface area contributed by atoms with E-state index in [0.29, 0.717) is 17.9 Å². The lowest BCUT2D eigenvalue weighted by Gasteiger charge is -2.27. The lowest BCUT2D eigenvalue weighted by molar-refractivity contribution is -0.117. The standard InChI is InChI=1S/C24H31N7OS/c1-12(2)19-20(17-10-31-22(27-11-28-31)14(4)13(17)3)29-24-21(19)30-23(33-24)15-5-7-16(8-6-15)26-9-18(25)32/h10-12,15-16,26,29H,5-9H2,1-4H3,(H2,25,32). The molecule has 9 heteroatoms. The molecule has 0 aromatic carbocycles. The Morgan fingerprint density at radius 1 is 1.27 bits per heavy atom. The third-order valence-electron chi connectivity index (χ3n) is 7.02. The number of nitrogens with two attached hydrogens (primary N) is 1. The van der Waals surface area contributed by atoms with Crippen LogP contribution in [0.1, 0.15) is 73.1 Å². The summed E-state index contributed by atoms with van der Waals surface area (Å²) in [5.74, 6) is 0.515. The number of thiazole rings is 1. The van der Waals surface area contributed by atoms with Crippen molar-refractivity contribution in [3.63, 3.8) is 0 Å². The van der Waals surface area contributed by atoms with E-state index in [9.17, 15) is 4.79 Å². The van der Waals surface area contributed by atoms with Crippen LogP contribution in [0, 0.1) is 13.8 Å². The topological polar surface area (TPSA) is 114 Å². The molecular formula is C24H31N7OS. The maximum absolute atomic E-state index is 11.0. The minimum atomic E-state index is -0.295. The number of fused-ring (bicyclic) bond motifs is 2. The maximum Gasteiger partial charge on any atom is 0.231 e. The van der Waals surface area contributed by atoms with Crippen molar-refractivity contribution >= 4 is 33.2 Å². The summed E-state index contributed by atoms with van der Waals surface area (Å²) in [5.41, 5.74) is 13.2. The number of H-pyrrole nitrogens is 1. The Balaban J connectivity index is 1.47. The Bertz CT molecular complexity index is 1320. The molecule has 0 aliphatic heterocycles. The first-order chi connectivity index (χ1) is 15.8. The molecule has 1 amide bonds. The van der Waals surface area contributed by atoms with Gasteiger partial charge >= 0.3 is 0 Å². The van der Waals surface area contributed by atoms with Gasteiger partial charge in [0, 0.05) is 29.3 Å². The molecule has 33 heavy (non-hydrogen) atoms. The Morgan fingerprint density at radius 3 is 2.73 bits per heavy atom. The van der Waals surface area contributed by atoms with Crippen LogP contribution < -0.4 is 11.1 Å². The monoisotopic (exact) mass is 465 g/mol. The molecule has 0 saturated heterocycles. The summed E-state index contributed by atoms with van der Waals surface area (Å²) < 4.78 is 1.86. The van der Waals surface area contributed by atoms with Gasteiger partial charge in [0.1, 0.15) is 16.7 Å². The first-order valence-electron chi connectivity index (χ1n) is 11.7. The quantitative estimate of drug-likeness (QED) is 0.395. The Hall–Kier alpha value is -2.78. The normalized spacial score (nSPS) is 19.2. The van der Waals surface area contributed by atoms with Crippen LogP contribution in [-0.4, -0.2) is 43.1 Å². The zero-order valence-electron chi connectivity index (χ0n) is 19.6. The lowest BCUT2D eigenvalue weighted by atomic mass is 9.86. The molecule has 4 aromatic rings. The van der Waals surface area contributed by atoms with Gasteiger partial charge in [0.25, 0.3) is 0 Å². The fourth-order valence-electron chi connectivity index (χ4n) is 5.10. The number of pyridine rings is 1. The van der Waals surface area contributed by atoms with Crippen LogP contribution in [0.3, 0.4) is 0 Å². The molecule has 0 unspecified atom stereocenters. The first-order valence-corrected chi connectivity index (χ1v) is 12.5. The number of carbonyl (C=O) groups excluding carboxylic acids is 1. The molecule has 1 saturated carbocycles. The number of aromatic nitrogens is 5. The highest BCUT2D eigenvalue weighted by Gasteiger charge is 2.28. The van der Waals surface area contributed by atoms with Crippen molar-refractivity contribution in [1.29, 1.82) is 0 Å². The van der Waals surface area contributed by atoms with Crippen LogP contribution in [0.25, 0.3) is 27.3 Å². The first kappa shape index (κ1) is 22.0. The summed E-state index contributed by atoms with van der Waals surface area (Å²) in [6, 6.07) is 0.370. The van der Waals surface area contributed by atoms with Crippen molar-refractivity contribution in [3.05, 3.63) is 34.2 Å². The molecule has 0 radical (unpaired) electrons. The van der Waals surface area contributed by atoms with Gasteiger partial charge in [-0.3, -0.25) is 4.79 Å². The number of aromatic amines is 1. The molecule has 4 N–H and O–H groups in total. The molecule has 5 rings (SSSR count). The number of carbonyl (C=O) groups is 1. The molecule has 1 fully saturated rings. The van der Waals surface area contributed by atoms with Crippen LogP contribution in [0.5, 0.6) is 0 Å². The smallest absolute Gasteiger partial charge is 0.231 e. The summed E-state index contributed by atoms with van der Waals surface area (Å²) in [6.07, 6.45) is 7.94. The minimum absolute atomic E-state index is 0.259. The number of aryl methyl sites for hydroxylation is 1. The predicted octanol–water partition coefficient (Wildman–Crippen LogP) is 4.18. The summed E-state index contributed by atoms with van der Waals surface area (Å²) in [6.45, 7) is 8.99. The molecule has 174 valence electrons. The van der Waals surface area contributed by atoms with Crippen LogP contribution in [0.4, 0.5) is 0 Å². The third kappa shape index (κ3) is 3.93. The molecule has 0 atom stereocenters. The number of primary amides is 1. The highest BCUT2D eigenvalue weighted by Crippen LogP contribution is 2.42. The van der Waals surface area contributed by atoms with Crippen LogP contribution in [0.15, 0.2) is 12.5 Å². The van der Waals surface area contributed by atoms with Crippen LogP contribution in [0.2, 0.25) is 0 Å². The molecule has 0 bridgehead atoms. The van der Waals surface area contributed by atoms with Crippen molar-refractivity contribution < 1.29 is 4.79 Å². The van der Waals surface area contributed by atoms with Gasteiger partial charge < -0.3 is 16.0 Å². The number of nitrogens with zero attached hydrogens (tertiary/aromatic N) is 4. The van der Waals surface area contributed by atoms with Crippen molar-refractivity contribution in [1.82, 2.24) is 29.9 Å². The Kier molecular flexibility index (Phi) is 5.70. The highest BCUT2D eigenvalue weighted by atomic mass is 32.1. The second-order valence-corrected chi connectivity index (χ2v) is 10.5. The summed E-state index contributed by atoms with van der Waals surface area (Å²) in [4.78, 5) is 25.5. The number of amides is 1. The number of hydrogen-bond acceptors (Lipinski definition) is 6. The van der Waals surface area contributed by atoms with Crippen molar-refractivity contribution in [3.8, 4) is 11.3 Å². The SMILES string of the molecule is Cc1c(-c2[nH]c3sc(C4CCC(NCC(N)=O)CC4)nc3c2C(C)C)cn2ncnc2c1C. The fraction of sp³-hybridized carbons (Fsp3) is 0.500. The van der Waals surface area contributed by atoms with E-state index < -0.39 is 0 Å². The van der Waals surface area contributed by atoms with Gasteiger partial charge in [-0.1, -0.05) is 13.8 Å². The van der Waals surface area contributed by atoms with Crippen LogP contribution in [-0.2, 0) is 4.79 Å². The predicted molar refractivity (Wildman–Crippen MR) is 132 cm³/mol. The molecular weight excluding hydrogens is 434 g/mol. The van der Waals surface area contributed by atoms with Gasteiger partial charge in [-0.15, -0.1) is 11.3 Å². The summed E-state index contributed by atoms with van der Waals surface area (Å²) in [5, 5.41) is 8.87. The van der Waals surface area contributed by atoms with E-state index in [1.54, 1.807) is 17.7 Å². The van der Waals surface area contributed by atoms with E-state index in [2.05, 4.69) is 54.3 Å². The van der Waals surface area contributed by atoms with E-state index in [1.807, 2.05) is 4.52 Å². The molecule has 8 nitrogen and oxygen atoms in total. The fourth-order valence-corrected chi connectivity index (χ4v) is 6.25. The number of hydrogen-bond donors (Lipinski definition) is 3. The van der Waals surface area contributed by atoms with Crippen molar-refractivity contribution in [2.75, 3.05) is 6.54 Å². The van der Waals surface area contributed by atoms with E-state index in [-0.39, 0.29) is 12.5 Å². The Morgan fingerprint density at radius 2 is 2.03 bits per heavy atom. The van der Waals surface area contributed by atoms with Gasteiger partial charge in [0.15, 0.2) is 5.65 Å². The average Bonchev–Trinajstić information content (AvgIpc) is 3.49. The van der Waals surface area contributed by atoms with Gasteiger partial charge in [-0.2, -0.15) is 5.10 Å². The molecule has 4 aromatic heterocycles. The van der Waals surface area contributed by atoms with Crippen molar-refractivity contribution in [2.24, 2.45) is 5.73 Å². The average molecular weight is 466 g/mol. The zero-order chi connectivity index (χ0) is 23.3. The summed E-state index contributed by atoms with van der Waals surface area (Å²) >= 11 is 1.79. The van der Waals surface area contributed by atoms with Crippen LogP contribution >= 0.6 is 11.3 Å². The van der Waals surface area contributed by atoms with E-state index in [0.717, 1.165) is 58.5 Å². The van der Waals surface area contributed by atoms with Gasteiger partial charge in [-0.05, 0) is 56.6 Å². The van der Waals surface area contributed by atoms with E-state index in [4.69, 9.17) is 10.7 Å². The van der Waals surface area contributed by atoms with Gasteiger partial charge in [0.2, 0.25) is 5.91 Å². The zero-order valence-corrected chi connectivity index (χ0v) is 20.4. The number of rotatable bonds is 6.